The summed E-state index contributed by atoms with van der Waals surface area (Å²) in [5.41, 5.74) is 4.86. The van der Waals surface area contributed by atoms with Gasteiger partial charge in [0.25, 0.3) is 0 Å². The Balaban J connectivity index is 2.92. The summed E-state index contributed by atoms with van der Waals surface area (Å²) in [5, 5.41) is 8.64. The van der Waals surface area contributed by atoms with Gasteiger partial charge in [-0.05, 0) is 24.3 Å². The van der Waals surface area contributed by atoms with Crippen LogP contribution in [0.2, 0.25) is 0 Å². The zero-order chi connectivity index (χ0) is 13.1. The summed E-state index contributed by atoms with van der Waals surface area (Å²) in [6.45, 7) is 0. The molecule has 92 valence electrons. The summed E-state index contributed by atoms with van der Waals surface area (Å²) < 4.78 is 23.3. The van der Waals surface area contributed by atoms with Crippen molar-refractivity contribution >= 4 is 21.7 Å². The van der Waals surface area contributed by atoms with Gasteiger partial charge in [-0.1, -0.05) is 0 Å². The van der Waals surface area contributed by atoms with Crippen LogP contribution in [-0.2, 0) is 14.6 Å². The quantitative estimate of drug-likeness (QED) is 0.772. The van der Waals surface area contributed by atoms with E-state index in [1.807, 2.05) is 0 Å². The van der Waals surface area contributed by atoms with Gasteiger partial charge in [-0.2, -0.15) is 0 Å². The minimum Gasteiger partial charge on any atom is -0.478 e. The van der Waals surface area contributed by atoms with E-state index in [9.17, 15) is 18.0 Å². The Morgan fingerprint density at radius 1 is 1.18 bits per heavy atom. The molecule has 7 heteroatoms. The second-order valence-corrected chi connectivity index (χ2v) is 5.47. The molecule has 0 unspecified atom stereocenters. The van der Waals surface area contributed by atoms with E-state index in [-0.39, 0.29) is 22.6 Å². The van der Waals surface area contributed by atoms with Crippen LogP contribution in [0.3, 0.4) is 0 Å². The molecule has 17 heavy (non-hydrogen) atoms. The van der Waals surface area contributed by atoms with Gasteiger partial charge in [-0.25, -0.2) is 13.2 Å². The molecule has 0 saturated heterocycles. The molecule has 1 rings (SSSR count). The minimum atomic E-state index is -3.59. The van der Waals surface area contributed by atoms with E-state index in [4.69, 9.17) is 10.8 Å². The fourth-order valence-corrected chi connectivity index (χ4v) is 2.41. The molecule has 0 aliphatic carbocycles. The standard InChI is InChI=1S/C10H11NO5S/c11-9(12)5-6-17(15,16)8-3-1-7(2-4-8)10(13)14/h1-4H,5-6H2,(H2,11,12)(H,13,14). The van der Waals surface area contributed by atoms with Crippen LogP contribution in [0, 0.1) is 0 Å². The molecule has 0 saturated carbocycles. The third-order valence-corrected chi connectivity index (χ3v) is 3.81. The van der Waals surface area contributed by atoms with Crippen molar-refractivity contribution in [3.8, 4) is 0 Å². The first-order valence-corrected chi connectivity index (χ1v) is 6.32. The van der Waals surface area contributed by atoms with E-state index in [1.54, 1.807) is 0 Å². The number of carbonyl (C=O) groups is 2. The van der Waals surface area contributed by atoms with Gasteiger partial charge in [0.15, 0.2) is 9.84 Å². The summed E-state index contributed by atoms with van der Waals surface area (Å²) in [7, 11) is -3.59. The Morgan fingerprint density at radius 2 is 1.71 bits per heavy atom. The molecule has 1 aromatic carbocycles. The van der Waals surface area contributed by atoms with Gasteiger partial charge in [0, 0.05) is 6.42 Å². The van der Waals surface area contributed by atoms with Crippen LogP contribution in [0.4, 0.5) is 0 Å². The number of sulfone groups is 1. The number of aromatic carboxylic acids is 1. The van der Waals surface area contributed by atoms with Crippen LogP contribution in [0.15, 0.2) is 29.2 Å². The van der Waals surface area contributed by atoms with Crippen LogP contribution in [0.1, 0.15) is 16.8 Å². The number of hydrogen-bond acceptors (Lipinski definition) is 4. The molecular formula is C10H11NO5S. The second-order valence-electron chi connectivity index (χ2n) is 3.36. The SMILES string of the molecule is NC(=O)CCS(=O)(=O)c1ccc(C(=O)O)cc1. The Bertz CT molecular complexity index is 532. The number of carboxylic acids is 1. The summed E-state index contributed by atoms with van der Waals surface area (Å²) in [4.78, 5) is 21.0. The first-order chi connectivity index (χ1) is 7.83. The minimum absolute atomic E-state index is 0.00106. The van der Waals surface area contributed by atoms with Crippen LogP contribution in [0.5, 0.6) is 0 Å². The third kappa shape index (κ3) is 3.56. The number of primary amides is 1. The van der Waals surface area contributed by atoms with Crippen molar-refractivity contribution < 1.29 is 23.1 Å². The summed E-state index contributed by atoms with van der Waals surface area (Å²) in [6.07, 6.45) is -0.261. The van der Waals surface area contributed by atoms with E-state index >= 15 is 0 Å². The fourth-order valence-electron chi connectivity index (χ4n) is 1.16. The van der Waals surface area contributed by atoms with Gasteiger partial charge in [0.2, 0.25) is 5.91 Å². The van der Waals surface area contributed by atoms with Gasteiger partial charge < -0.3 is 10.8 Å². The molecule has 0 aliphatic heterocycles. The molecular weight excluding hydrogens is 246 g/mol. The molecule has 0 bridgehead atoms. The Kier molecular flexibility index (Phi) is 3.84. The normalized spacial score (nSPS) is 11.1. The van der Waals surface area contributed by atoms with Gasteiger partial charge in [0.05, 0.1) is 16.2 Å². The van der Waals surface area contributed by atoms with Crippen LogP contribution >= 0.6 is 0 Å². The fraction of sp³-hybridized carbons (Fsp3) is 0.200. The van der Waals surface area contributed by atoms with Crippen LogP contribution in [0.25, 0.3) is 0 Å². The highest BCUT2D eigenvalue weighted by molar-refractivity contribution is 7.91. The number of hydrogen-bond donors (Lipinski definition) is 2. The molecule has 6 nitrogen and oxygen atoms in total. The lowest BCUT2D eigenvalue weighted by Gasteiger charge is -2.03. The van der Waals surface area contributed by atoms with E-state index in [2.05, 4.69) is 0 Å². The van der Waals surface area contributed by atoms with Crippen molar-refractivity contribution in [2.75, 3.05) is 5.75 Å². The van der Waals surface area contributed by atoms with E-state index in [0.717, 1.165) is 0 Å². The third-order valence-electron chi connectivity index (χ3n) is 2.08. The van der Waals surface area contributed by atoms with Crippen molar-refractivity contribution in [1.82, 2.24) is 0 Å². The zero-order valence-corrected chi connectivity index (χ0v) is 9.61. The van der Waals surface area contributed by atoms with E-state index in [0.29, 0.717) is 0 Å². The Hall–Kier alpha value is -1.89. The molecule has 0 heterocycles. The van der Waals surface area contributed by atoms with E-state index in [1.165, 1.54) is 24.3 Å². The molecule has 0 spiro atoms. The summed E-state index contributed by atoms with van der Waals surface area (Å²) in [6, 6.07) is 4.78. The Morgan fingerprint density at radius 3 is 2.12 bits per heavy atom. The van der Waals surface area contributed by atoms with Crippen LogP contribution < -0.4 is 5.73 Å². The molecule has 1 amide bonds. The zero-order valence-electron chi connectivity index (χ0n) is 8.79. The lowest BCUT2D eigenvalue weighted by Crippen LogP contribution is -2.17. The monoisotopic (exact) mass is 257 g/mol. The lowest BCUT2D eigenvalue weighted by atomic mass is 10.2. The van der Waals surface area contributed by atoms with Crippen LogP contribution in [-0.4, -0.2) is 31.2 Å². The molecule has 1 aromatic rings. The largest absolute Gasteiger partial charge is 0.478 e. The lowest BCUT2D eigenvalue weighted by molar-refractivity contribution is -0.117. The van der Waals surface area contributed by atoms with Crippen molar-refractivity contribution in [2.24, 2.45) is 5.73 Å². The highest BCUT2D eigenvalue weighted by atomic mass is 32.2. The smallest absolute Gasteiger partial charge is 0.335 e. The average Bonchev–Trinajstić information content (AvgIpc) is 2.27. The molecule has 0 radical (unpaired) electrons. The topological polar surface area (TPSA) is 115 Å². The highest BCUT2D eigenvalue weighted by Gasteiger charge is 2.16. The number of nitrogens with two attached hydrogens (primary N) is 1. The number of carbonyl (C=O) groups excluding carboxylic acids is 1. The maximum absolute atomic E-state index is 11.7. The van der Waals surface area contributed by atoms with Gasteiger partial charge >= 0.3 is 5.97 Å². The van der Waals surface area contributed by atoms with Crippen molar-refractivity contribution in [3.63, 3.8) is 0 Å². The van der Waals surface area contributed by atoms with Gasteiger partial charge in [-0.3, -0.25) is 4.79 Å². The first kappa shape index (κ1) is 13.2. The molecule has 0 fully saturated rings. The molecule has 3 N–H and O–H groups in total. The maximum atomic E-state index is 11.7. The highest BCUT2D eigenvalue weighted by Crippen LogP contribution is 2.13. The van der Waals surface area contributed by atoms with Gasteiger partial charge in [-0.15, -0.1) is 0 Å². The predicted molar refractivity (Wildman–Crippen MR) is 59.3 cm³/mol. The molecule has 0 aliphatic rings. The number of rotatable bonds is 5. The molecule has 0 atom stereocenters. The summed E-state index contributed by atoms with van der Waals surface area (Å²) in [5.74, 6) is -2.21. The predicted octanol–water partition coefficient (Wildman–Crippen LogP) is 0.0339. The average molecular weight is 257 g/mol. The van der Waals surface area contributed by atoms with Gasteiger partial charge in [0.1, 0.15) is 0 Å². The summed E-state index contributed by atoms with van der Waals surface area (Å²) >= 11 is 0. The first-order valence-electron chi connectivity index (χ1n) is 4.67. The second kappa shape index (κ2) is 4.96. The van der Waals surface area contributed by atoms with Crippen molar-refractivity contribution in [1.29, 1.82) is 0 Å². The number of benzene rings is 1. The van der Waals surface area contributed by atoms with Crippen molar-refractivity contribution in [2.45, 2.75) is 11.3 Å². The number of carboxylic acid groups (broad SMARTS) is 1. The van der Waals surface area contributed by atoms with E-state index < -0.39 is 21.7 Å². The maximum Gasteiger partial charge on any atom is 0.335 e. The number of amides is 1. The van der Waals surface area contributed by atoms with Crippen molar-refractivity contribution in [3.05, 3.63) is 29.8 Å². The Labute approximate surface area is 98.0 Å². The molecule has 0 aromatic heterocycles.